The molecule has 0 aromatic heterocycles. The fourth-order valence-electron chi connectivity index (χ4n) is 2.37. The van der Waals surface area contributed by atoms with Gasteiger partial charge in [0.15, 0.2) is 0 Å². The summed E-state index contributed by atoms with van der Waals surface area (Å²) in [4.78, 5) is 13.9. The van der Waals surface area contributed by atoms with Crippen molar-refractivity contribution in [2.45, 2.75) is 19.8 Å². The number of thioether (sulfide) groups is 1. The second-order valence-electron chi connectivity index (χ2n) is 4.68. The van der Waals surface area contributed by atoms with Gasteiger partial charge < -0.3 is 10.2 Å². The quantitative estimate of drug-likeness (QED) is 0.907. The van der Waals surface area contributed by atoms with Crippen molar-refractivity contribution in [1.29, 1.82) is 0 Å². The minimum absolute atomic E-state index is 0.0656. The smallest absolute Gasteiger partial charge is 0.234 e. The first-order valence-electron chi connectivity index (χ1n) is 6.35. The van der Waals surface area contributed by atoms with Gasteiger partial charge in [-0.3, -0.25) is 4.79 Å². The lowest BCUT2D eigenvalue weighted by Gasteiger charge is -2.20. The van der Waals surface area contributed by atoms with Crippen molar-refractivity contribution in [3.05, 3.63) is 23.8 Å². The maximum atomic E-state index is 11.5. The van der Waals surface area contributed by atoms with Crippen LogP contribution in [0.25, 0.3) is 0 Å². The third-order valence-electron chi connectivity index (χ3n) is 3.20. The van der Waals surface area contributed by atoms with E-state index in [0.29, 0.717) is 5.75 Å². The molecule has 4 heteroatoms. The Hall–Kier alpha value is -1.16. The van der Waals surface area contributed by atoms with Gasteiger partial charge in [-0.05, 0) is 49.8 Å². The molecule has 18 heavy (non-hydrogen) atoms. The van der Waals surface area contributed by atoms with E-state index < -0.39 is 0 Å². The standard InChI is InChI=1S/C14H20N2OS/c1-11-9-12(15-14(17)10-18-2)5-6-13(11)16-7-3-4-8-16/h5-6,9H,3-4,7-8,10H2,1-2H3,(H,15,17). The summed E-state index contributed by atoms with van der Waals surface area (Å²) in [6.45, 7) is 4.41. The topological polar surface area (TPSA) is 32.3 Å². The Morgan fingerprint density at radius 2 is 2.11 bits per heavy atom. The maximum absolute atomic E-state index is 11.5. The molecule has 0 bridgehead atoms. The summed E-state index contributed by atoms with van der Waals surface area (Å²) in [5.41, 5.74) is 3.43. The Balaban J connectivity index is 2.07. The number of carbonyl (C=O) groups is 1. The second-order valence-corrected chi connectivity index (χ2v) is 5.54. The number of benzene rings is 1. The maximum Gasteiger partial charge on any atom is 0.234 e. The number of aryl methyl sites for hydroxylation is 1. The largest absolute Gasteiger partial charge is 0.371 e. The van der Waals surface area contributed by atoms with Gasteiger partial charge in [0.2, 0.25) is 5.91 Å². The zero-order valence-corrected chi connectivity index (χ0v) is 11.8. The van der Waals surface area contributed by atoms with Gasteiger partial charge >= 0.3 is 0 Å². The number of hydrogen-bond donors (Lipinski definition) is 1. The summed E-state index contributed by atoms with van der Waals surface area (Å²) >= 11 is 1.54. The highest BCUT2D eigenvalue weighted by atomic mass is 32.2. The van der Waals surface area contributed by atoms with Crippen molar-refractivity contribution in [3.63, 3.8) is 0 Å². The minimum Gasteiger partial charge on any atom is -0.371 e. The molecule has 1 fully saturated rings. The summed E-state index contributed by atoms with van der Waals surface area (Å²) in [5.74, 6) is 0.572. The first-order valence-corrected chi connectivity index (χ1v) is 7.74. The predicted molar refractivity (Wildman–Crippen MR) is 79.6 cm³/mol. The Morgan fingerprint density at radius 3 is 2.72 bits per heavy atom. The van der Waals surface area contributed by atoms with Crippen LogP contribution in [0.2, 0.25) is 0 Å². The van der Waals surface area contributed by atoms with Crippen molar-refractivity contribution in [3.8, 4) is 0 Å². The summed E-state index contributed by atoms with van der Waals surface area (Å²) in [6.07, 6.45) is 4.50. The average Bonchev–Trinajstić information content (AvgIpc) is 2.82. The molecular weight excluding hydrogens is 244 g/mol. The lowest BCUT2D eigenvalue weighted by atomic mass is 10.1. The van der Waals surface area contributed by atoms with Crippen LogP contribution in [0.3, 0.4) is 0 Å². The molecule has 0 radical (unpaired) electrons. The lowest BCUT2D eigenvalue weighted by molar-refractivity contribution is -0.113. The summed E-state index contributed by atoms with van der Waals surface area (Å²) in [6, 6.07) is 6.18. The van der Waals surface area contributed by atoms with Crippen molar-refractivity contribution < 1.29 is 4.79 Å². The van der Waals surface area contributed by atoms with E-state index in [1.165, 1.54) is 35.9 Å². The fourth-order valence-corrected chi connectivity index (χ4v) is 2.71. The molecule has 1 heterocycles. The molecule has 0 unspecified atom stereocenters. The fraction of sp³-hybridized carbons (Fsp3) is 0.500. The summed E-state index contributed by atoms with van der Waals surface area (Å²) < 4.78 is 0. The van der Waals surface area contributed by atoms with Crippen LogP contribution in [0.15, 0.2) is 18.2 Å². The minimum atomic E-state index is 0.0656. The highest BCUT2D eigenvalue weighted by Crippen LogP contribution is 2.26. The molecule has 3 nitrogen and oxygen atoms in total. The van der Waals surface area contributed by atoms with Crippen LogP contribution in [0.1, 0.15) is 18.4 Å². The number of amides is 1. The Kier molecular flexibility index (Phi) is 4.53. The van der Waals surface area contributed by atoms with Crippen LogP contribution in [-0.4, -0.2) is 31.0 Å². The zero-order valence-electron chi connectivity index (χ0n) is 11.0. The Bertz CT molecular complexity index is 428. The Labute approximate surface area is 113 Å². The number of nitrogens with one attached hydrogen (secondary N) is 1. The first-order chi connectivity index (χ1) is 8.70. The molecule has 0 spiro atoms. The summed E-state index contributed by atoms with van der Waals surface area (Å²) in [5, 5.41) is 2.92. The molecule has 1 saturated heterocycles. The van der Waals surface area contributed by atoms with Gasteiger partial charge in [0, 0.05) is 24.5 Å². The van der Waals surface area contributed by atoms with Gasteiger partial charge in [-0.2, -0.15) is 11.8 Å². The molecule has 0 atom stereocenters. The second kappa shape index (κ2) is 6.14. The van der Waals surface area contributed by atoms with E-state index in [4.69, 9.17) is 0 Å². The van der Waals surface area contributed by atoms with Gasteiger partial charge in [-0.15, -0.1) is 0 Å². The van der Waals surface area contributed by atoms with Crippen LogP contribution >= 0.6 is 11.8 Å². The van der Waals surface area contributed by atoms with Crippen LogP contribution in [0.4, 0.5) is 11.4 Å². The molecule has 1 aromatic rings. The molecule has 1 aliphatic rings. The number of hydrogen-bond acceptors (Lipinski definition) is 3. The number of nitrogens with zero attached hydrogens (tertiary/aromatic N) is 1. The molecule has 98 valence electrons. The number of carbonyl (C=O) groups excluding carboxylic acids is 1. The van der Waals surface area contributed by atoms with Crippen molar-refractivity contribution in [2.75, 3.05) is 35.3 Å². The van der Waals surface area contributed by atoms with E-state index in [9.17, 15) is 4.79 Å². The monoisotopic (exact) mass is 264 g/mol. The molecule has 2 rings (SSSR count). The van der Waals surface area contributed by atoms with Crippen LogP contribution < -0.4 is 10.2 Å². The average molecular weight is 264 g/mol. The van der Waals surface area contributed by atoms with Gasteiger partial charge in [0.25, 0.3) is 0 Å². The number of rotatable bonds is 4. The predicted octanol–water partition coefficient (Wildman–Crippen LogP) is 2.90. The third kappa shape index (κ3) is 3.19. The SMILES string of the molecule is CSCC(=O)Nc1ccc(N2CCCC2)c(C)c1. The summed E-state index contributed by atoms with van der Waals surface area (Å²) in [7, 11) is 0. The van der Waals surface area contributed by atoms with Gasteiger partial charge in [0.05, 0.1) is 5.75 Å². The van der Waals surface area contributed by atoms with E-state index in [1.54, 1.807) is 0 Å². The van der Waals surface area contributed by atoms with E-state index in [0.717, 1.165) is 18.8 Å². The zero-order chi connectivity index (χ0) is 13.0. The van der Waals surface area contributed by atoms with Crippen molar-refractivity contribution >= 4 is 29.0 Å². The lowest BCUT2D eigenvalue weighted by Crippen LogP contribution is -2.19. The molecular formula is C14H20N2OS. The van der Waals surface area contributed by atoms with Crippen molar-refractivity contribution in [1.82, 2.24) is 0 Å². The van der Waals surface area contributed by atoms with Crippen LogP contribution in [-0.2, 0) is 4.79 Å². The van der Waals surface area contributed by atoms with E-state index in [-0.39, 0.29) is 5.91 Å². The highest BCUT2D eigenvalue weighted by molar-refractivity contribution is 7.99. The molecule has 1 aliphatic heterocycles. The van der Waals surface area contributed by atoms with Crippen molar-refractivity contribution in [2.24, 2.45) is 0 Å². The Morgan fingerprint density at radius 1 is 1.39 bits per heavy atom. The highest BCUT2D eigenvalue weighted by Gasteiger charge is 2.14. The van der Waals surface area contributed by atoms with Gasteiger partial charge in [-0.25, -0.2) is 0 Å². The molecule has 0 aliphatic carbocycles. The normalized spacial score (nSPS) is 14.9. The molecule has 0 saturated carbocycles. The van der Waals surface area contributed by atoms with Gasteiger partial charge in [-0.1, -0.05) is 0 Å². The van der Waals surface area contributed by atoms with Gasteiger partial charge in [0.1, 0.15) is 0 Å². The van der Waals surface area contributed by atoms with E-state index >= 15 is 0 Å². The van der Waals surface area contributed by atoms with Crippen LogP contribution in [0.5, 0.6) is 0 Å². The number of anilines is 2. The van der Waals surface area contributed by atoms with E-state index in [2.05, 4.69) is 29.3 Å². The van der Waals surface area contributed by atoms with E-state index in [1.807, 2.05) is 12.3 Å². The third-order valence-corrected chi connectivity index (χ3v) is 3.75. The molecule has 1 N–H and O–H groups in total. The van der Waals surface area contributed by atoms with Crippen LogP contribution in [0, 0.1) is 6.92 Å². The molecule has 1 aromatic carbocycles. The first kappa shape index (κ1) is 13.3. The molecule has 1 amide bonds.